The molecule has 5 rings (SSSR count). The summed E-state index contributed by atoms with van der Waals surface area (Å²) in [5.41, 5.74) is 2.44. The fraction of sp³-hybridized carbons (Fsp3) is 0.0952. The summed E-state index contributed by atoms with van der Waals surface area (Å²) in [7, 11) is 0. The molecule has 1 amide bonds. The number of aryl methyl sites for hydroxylation is 1. The van der Waals surface area contributed by atoms with Gasteiger partial charge in [0.2, 0.25) is 5.76 Å². The lowest BCUT2D eigenvalue weighted by Crippen LogP contribution is -2.29. The fourth-order valence-electron chi connectivity index (χ4n) is 3.57. The van der Waals surface area contributed by atoms with Gasteiger partial charge in [0.15, 0.2) is 10.6 Å². The SMILES string of the molecule is Cc1ccc2oc3c(c(=O)c2c1)[C@H](c1ccccc1)N(c1nccs1)C3=O. The number of carbonyl (C=O) groups is 1. The van der Waals surface area contributed by atoms with E-state index in [-0.39, 0.29) is 17.1 Å². The van der Waals surface area contributed by atoms with Crippen molar-refractivity contribution < 1.29 is 9.21 Å². The quantitative estimate of drug-likeness (QED) is 0.525. The maximum Gasteiger partial charge on any atom is 0.297 e. The number of hydrogen-bond acceptors (Lipinski definition) is 5. The highest BCUT2D eigenvalue weighted by Crippen LogP contribution is 2.41. The van der Waals surface area contributed by atoms with Crippen LogP contribution in [0.4, 0.5) is 5.13 Å². The molecule has 1 aliphatic heterocycles. The van der Waals surface area contributed by atoms with E-state index in [1.807, 2.05) is 48.7 Å². The number of aromatic nitrogens is 1. The molecule has 0 fully saturated rings. The molecule has 0 spiro atoms. The van der Waals surface area contributed by atoms with E-state index in [4.69, 9.17) is 4.42 Å². The Balaban J connectivity index is 1.85. The lowest BCUT2D eigenvalue weighted by molar-refractivity contribution is 0.0971. The van der Waals surface area contributed by atoms with Gasteiger partial charge in [-0.1, -0.05) is 42.0 Å². The van der Waals surface area contributed by atoms with Crippen LogP contribution in [0, 0.1) is 6.92 Å². The first-order valence-corrected chi connectivity index (χ1v) is 9.38. The Bertz CT molecular complexity index is 1230. The van der Waals surface area contributed by atoms with Gasteiger partial charge in [0.25, 0.3) is 5.91 Å². The number of fused-ring (bicyclic) bond motifs is 2. The molecule has 0 aliphatic carbocycles. The molecule has 0 bridgehead atoms. The standard InChI is InChI=1S/C21H14N2O3S/c1-12-7-8-15-14(11-12)18(24)16-17(13-5-3-2-4-6-13)23(20(25)19(16)26-15)21-22-9-10-27-21/h2-11,17H,1H3/t17-/m0/s1. The summed E-state index contributed by atoms with van der Waals surface area (Å²) in [6.45, 7) is 1.92. The Hall–Kier alpha value is -3.25. The summed E-state index contributed by atoms with van der Waals surface area (Å²) in [6.07, 6.45) is 1.65. The Labute approximate surface area is 158 Å². The number of carbonyl (C=O) groups excluding carboxylic acids is 1. The van der Waals surface area contributed by atoms with Crippen molar-refractivity contribution in [1.29, 1.82) is 0 Å². The first-order valence-electron chi connectivity index (χ1n) is 8.50. The fourth-order valence-corrected chi connectivity index (χ4v) is 4.24. The first-order chi connectivity index (χ1) is 13.1. The largest absolute Gasteiger partial charge is 0.450 e. The van der Waals surface area contributed by atoms with Gasteiger partial charge in [0, 0.05) is 11.6 Å². The van der Waals surface area contributed by atoms with Gasteiger partial charge < -0.3 is 4.42 Å². The maximum atomic E-state index is 13.4. The smallest absolute Gasteiger partial charge is 0.297 e. The molecular formula is C21H14N2O3S. The van der Waals surface area contributed by atoms with E-state index in [0.29, 0.717) is 21.7 Å². The molecule has 3 heterocycles. The van der Waals surface area contributed by atoms with Crippen LogP contribution in [0.25, 0.3) is 11.0 Å². The van der Waals surface area contributed by atoms with Crippen LogP contribution in [0.3, 0.4) is 0 Å². The van der Waals surface area contributed by atoms with E-state index >= 15 is 0 Å². The minimum Gasteiger partial charge on any atom is -0.450 e. The van der Waals surface area contributed by atoms with Crippen molar-refractivity contribution in [3.8, 4) is 0 Å². The molecule has 4 aromatic rings. The zero-order chi connectivity index (χ0) is 18.5. The van der Waals surface area contributed by atoms with Crippen LogP contribution >= 0.6 is 11.3 Å². The van der Waals surface area contributed by atoms with E-state index in [0.717, 1.165) is 11.1 Å². The van der Waals surface area contributed by atoms with Gasteiger partial charge >= 0.3 is 0 Å². The van der Waals surface area contributed by atoms with Crippen LogP contribution in [0.5, 0.6) is 0 Å². The van der Waals surface area contributed by atoms with E-state index < -0.39 is 6.04 Å². The Morgan fingerprint density at radius 2 is 1.93 bits per heavy atom. The summed E-state index contributed by atoms with van der Waals surface area (Å²) < 4.78 is 5.92. The number of anilines is 1. The highest BCUT2D eigenvalue weighted by Gasteiger charge is 2.44. The van der Waals surface area contributed by atoms with Crippen LogP contribution in [-0.4, -0.2) is 10.9 Å². The number of nitrogens with zero attached hydrogens (tertiary/aromatic N) is 2. The third-order valence-corrected chi connectivity index (χ3v) is 5.54. The van der Waals surface area contributed by atoms with Gasteiger partial charge in [-0.15, -0.1) is 11.3 Å². The van der Waals surface area contributed by atoms with E-state index in [2.05, 4.69) is 4.98 Å². The molecule has 0 saturated carbocycles. The molecule has 1 aliphatic rings. The van der Waals surface area contributed by atoms with Gasteiger partial charge in [-0.05, 0) is 24.6 Å². The minimum absolute atomic E-state index is 0.0976. The lowest BCUT2D eigenvalue weighted by Gasteiger charge is -2.22. The van der Waals surface area contributed by atoms with Crippen molar-refractivity contribution in [2.75, 3.05) is 4.90 Å². The van der Waals surface area contributed by atoms with Gasteiger partial charge in [-0.2, -0.15) is 0 Å². The van der Waals surface area contributed by atoms with Crippen molar-refractivity contribution in [2.24, 2.45) is 0 Å². The summed E-state index contributed by atoms with van der Waals surface area (Å²) in [5.74, 6) is -0.242. The second kappa shape index (κ2) is 5.89. The predicted octanol–water partition coefficient (Wildman–Crippen LogP) is 4.31. The van der Waals surface area contributed by atoms with Crippen LogP contribution < -0.4 is 10.3 Å². The molecule has 132 valence electrons. The monoisotopic (exact) mass is 374 g/mol. The highest BCUT2D eigenvalue weighted by molar-refractivity contribution is 7.13. The third-order valence-electron chi connectivity index (χ3n) is 4.77. The second-order valence-corrected chi connectivity index (χ2v) is 7.35. The molecule has 0 radical (unpaired) electrons. The zero-order valence-electron chi connectivity index (χ0n) is 14.4. The van der Waals surface area contributed by atoms with Crippen LogP contribution in [-0.2, 0) is 0 Å². The minimum atomic E-state index is -0.555. The topological polar surface area (TPSA) is 63.4 Å². The third kappa shape index (κ3) is 2.34. The van der Waals surface area contributed by atoms with Crippen LogP contribution in [0.2, 0.25) is 0 Å². The number of hydrogen-bond donors (Lipinski definition) is 0. The van der Waals surface area contributed by atoms with Gasteiger partial charge in [0.05, 0.1) is 17.0 Å². The van der Waals surface area contributed by atoms with Crippen molar-refractivity contribution in [1.82, 2.24) is 4.98 Å². The summed E-state index contributed by atoms with van der Waals surface area (Å²) in [4.78, 5) is 32.4. The lowest BCUT2D eigenvalue weighted by atomic mass is 9.98. The number of thiazole rings is 1. The van der Waals surface area contributed by atoms with Gasteiger partial charge in [-0.3, -0.25) is 14.5 Å². The van der Waals surface area contributed by atoms with Crippen molar-refractivity contribution in [3.63, 3.8) is 0 Å². The molecule has 0 saturated heterocycles. The average Bonchev–Trinajstić information content (AvgIpc) is 3.30. The van der Waals surface area contributed by atoms with E-state index in [9.17, 15) is 9.59 Å². The molecular weight excluding hydrogens is 360 g/mol. The second-order valence-electron chi connectivity index (χ2n) is 6.48. The predicted molar refractivity (Wildman–Crippen MR) is 104 cm³/mol. The van der Waals surface area contributed by atoms with Gasteiger partial charge in [-0.25, -0.2) is 4.98 Å². The van der Waals surface area contributed by atoms with Crippen molar-refractivity contribution in [3.05, 3.63) is 92.8 Å². The van der Waals surface area contributed by atoms with E-state index in [1.54, 1.807) is 23.2 Å². The summed E-state index contributed by atoms with van der Waals surface area (Å²) >= 11 is 1.36. The van der Waals surface area contributed by atoms with Crippen LogP contribution in [0.1, 0.15) is 33.3 Å². The van der Waals surface area contributed by atoms with Crippen LogP contribution in [0.15, 0.2) is 69.3 Å². The molecule has 2 aromatic heterocycles. The Morgan fingerprint density at radius 3 is 2.67 bits per heavy atom. The normalized spacial score (nSPS) is 16.1. The number of amides is 1. The van der Waals surface area contributed by atoms with Gasteiger partial charge in [0.1, 0.15) is 5.58 Å². The average molecular weight is 374 g/mol. The molecule has 5 nitrogen and oxygen atoms in total. The first kappa shape index (κ1) is 16.0. The summed E-state index contributed by atoms with van der Waals surface area (Å²) in [6, 6.07) is 14.4. The molecule has 1 atom stereocenters. The maximum absolute atomic E-state index is 13.4. The highest BCUT2D eigenvalue weighted by atomic mass is 32.1. The molecule has 0 unspecified atom stereocenters. The van der Waals surface area contributed by atoms with E-state index in [1.165, 1.54) is 11.3 Å². The van der Waals surface area contributed by atoms with Crippen molar-refractivity contribution >= 4 is 33.3 Å². The Kier molecular flexibility index (Phi) is 3.48. The zero-order valence-corrected chi connectivity index (χ0v) is 15.2. The molecule has 0 N–H and O–H groups in total. The summed E-state index contributed by atoms with van der Waals surface area (Å²) in [5, 5.41) is 2.84. The Morgan fingerprint density at radius 1 is 1.11 bits per heavy atom. The number of rotatable bonds is 2. The molecule has 2 aromatic carbocycles. The molecule has 6 heteroatoms. The van der Waals surface area contributed by atoms with Crippen molar-refractivity contribution in [2.45, 2.75) is 13.0 Å². The molecule has 27 heavy (non-hydrogen) atoms. The number of benzene rings is 2.